The molecule has 0 saturated heterocycles. The summed E-state index contributed by atoms with van der Waals surface area (Å²) >= 11 is 1.28. The summed E-state index contributed by atoms with van der Waals surface area (Å²) in [4.78, 5) is 4.40. The van der Waals surface area contributed by atoms with Gasteiger partial charge in [0.15, 0.2) is 5.82 Å². The second kappa shape index (κ2) is 7.81. The van der Waals surface area contributed by atoms with Crippen LogP contribution in [0.5, 0.6) is 0 Å². The Hall–Kier alpha value is -3.20. The minimum Gasteiger partial charge on any atom is -0.338 e. The smallest absolute Gasteiger partial charge is 0.237 e. The van der Waals surface area contributed by atoms with Gasteiger partial charge in [-0.2, -0.15) is 4.98 Å². The van der Waals surface area contributed by atoms with Gasteiger partial charge in [-0.15, -0.1) is 10.2 Å². The number of aryl methyl sites for hydroxylation is 1. The summed E-state index contributed by atoms with van der Waals surface area (Å²) < 4.78 is 20.5. The molecular weight excluding hydrogens is 379 g/mol. The maximum absolute atomic E-state index is 14.0. The molecule has 7 nitrogen and oxygen atoms in total. The van der Waals surface area contributed by atoms with E-state index in [-0.39, 0.29) is 5.82 Å². The number of nitrogens with two attached hydrogens (primary N) is 1. The zero-order valence-corrected chi connectivity index (χ0v) is 15.9. The van der Waals surface area contributed by atoms with Crippen molar-refractivity contribution >= 4 is 11.8 Å². The van der Waals surface area contributed by atoms with Crippen LogP contribution in [0.2, 0.25) is 0 Å². The standard InChI is InChI=1S/C19H17FN6OS/c1-2-12-7-9-13(10-8-12)17-22-16(27-25-17)11-28-19-24-23-18(26(19)21)14-5-3-4-6-15(14)20/h3-10H,2,11,21H2,1H3. The summed E-state index contributed by atoms with van der Waals surface area (Å²) in [5, 5.41) is 12.5. The molecular formula is C19H17FN6OS. The van der Waals surface area contributed by atoms with Crippen molar-refractivity contribution in [1.29, 1.82) is 0 Å². The highest BCUT2D eigenvalue weighted by Gasteiger charge is 2.17. The highest BCUT2D eigenvalue weighted by molar-refractivity contribution is 7.98. The largest absolute Gasteiger partial charge is 0.338 e. The Balaban J connectivity index is 1.47. The third-order valence-electron chi connectivity index (χ3n) is 4.19. The molecule has 0 aliphatic rings. The maximum Gasteiger partial charge on any atom is 0.237 e. The lowest BCUT2D eigenvalue weighted by Crippen LogP contribution is -2.12. The van der Waals surface area contributed by atoms with Gasteiger partial charge in [-0.05, 0) is 24.1 Å². The summed E-state index contributed by atoms with van der Waals surface area (Å²) in [5.74, 6) is 7.21. The van der Waals surface area contributed by atoms with Crippen LogP contribution in [0.15, 0.2) is 58.2 Å². The van der Waals surface area contributed by atoms with Gasteiger partial charge in [0.2, 0.25) is 16.9 Å². The van der Waals surface area contributed by atoms with Gasteiger partial charge in [0.25, 0.3) is 0 Å². The number of benzene rings is 2. The molecule has 0 unspecified atom stereocenters. The molecule has 0 spiro atoms. The molecule has 0 radical (unpaired) electrons. The third kappa shape index (κ3) is 3.61. The number of thioether (sulfide) groups is 1. The minimum atomic E-state index is -0.409. The van der Waals surface area contributed by atoms with Gasteiger partial charge in [-0.3, -0.25) is 0 Å². The fraction of sp³-hybridized carbons (Fsp3) is 0.158. The van der Waals surface area contributed by atoms with Crippen LogP contribution in [0.3, 0.4) is 0 Å². The van der Waals surface area contributed by atoms with E-state index in [1.165, 1.54) is 28.1 Å². The average molecular weight is 396 g/mol. The van der Waals surface area contributed by atoms with Crippen molar-refractivity contribution in [2.75, 3.05) is 5.84 Å². The number of nitrogen functional groups attached to an aromatic ring is 1. The van der Waals surface area contributed by atoms with Crippen LogP contribution in [0.1, 0.15) is 18.4 Å². The van der Waals surface area contributed by atoms with E-state index in [1.54, 1.807) is 18.2 Å². The van der Waals surface area contributed by atoms with Gasteiger partial charge < -0.3 is 10.4 Å². The van der Waals surface area contributed by atoms with Crippen molar-refractivity contribution in [2.24, 2.45) is 0 Å². The Morgan fingerprint density at radius 1 is 1.11 bits per heavy atom. The van der Waals surface area contributed by atoms with Crippen LogP contribution in [-0.2, 0) is 12.2 Å². The quantitative estimate of drug-likeness (QED) is 0.392. The minimum absolute atomic E-state index is 0.253. The second-order valence-electron chi connectivity index (χ2n) is 6.01. The lowest BCUT2D eigenvalue weighted by Gasteiger charge is -2.03. The normalized spacial score (nSPS) is 11.1. The lowest BCUT2D eigenvalue weighted by molar-refractivity contribution is 0.391. The van der Waals surface area contributed by atoms with E-state index in [4.69, 9.17) is 10.4 Å². The molecule has 2 aromatic heterocycles. The zero-order valence-electron chi connectivity index (χ0n) is 15.0. The molecule has 4 aromatic rings. The Kier molecular flexibility index (Phi) is 5.07. The summed E-state index contributed by atoms with van der Waals surface area (Å²) in [5.41, 5.74) is 2.43. The molecule has 2 aromatic carbocycles. The number of aromatic nitrogens is 5. The summed E-state index contributed by atoms with van der Waals surface area (Å²) in [7, 11) is 0. The van der Waals surface area contributed by atoms with Crippen LogP contribution >= 0.6 is 11.8 Å². The van der Waals surface area contributed by atoms with Crippen molar-refractivity contribution in [2.45, 2.75) is 24.3 Å². The predicted octanol–water partition coefficient (Wildman–Crippen LogP) is 3.70. The molecule has 0 fully saturated rings. The van der Waals surface area contributed by atoms with Crippen LogP contribution in [-0.4, -0.2) is 25.0 Å². The maximum atomic E-state index is 14.0. The third-order valence-corrected chi connectivity index (χ3v) is 5.12. The fourth-order valence-electron chi connectivity index (χ4n) is 2.65. The predicted molar refractivity (Wildman–Crippen MR) is 104 cm³/mol. The highest BCUT2D eigenvalue weighted by atomic mass is 32.2. The first-order chi connectivity index (χ1) is 13.7. The van der Waals surface area contributed by atoms with E-state index < -0.39 is 5.82 Å². The molecule has 0 aliphatic carbocycles. The van der Waals surface area contributed by atoms with Gasteiger partial charge in [0, 0.05) is 5.56 Å². The average Bonchev–Trinajstić information content (AvgIpc) is 3.34. The van der Waals surface area contributed by atoms with E-state index in [0.29, 0.717) is 28.2 Å². The number of nitrogens with zero attached hydrogens (tertiary/aromatic N) is 5. The van der Waals surface area contributed by atoms with Crippen LogP contribution in [0.4, 0.5) is 4.39 Å². The van der Waals surface area contributed by atoms with Gasteiger partial charge >= 0.3 is 0 Å². The van der Waals surface area contributed by atoms with Gasteiger partial charge in [-0.1, -0.05) is 60.2 Å². The first-order valence-electron chi connectivity index (χ1n) is 8.65. The Morgan fingerprint density at radius 3 is 2.64 bits per heavy atom. The molecule has 0 amide bonds. The molecule has 0 saturated carbocycles. The van der Waals surface area contributed by atoms with Crippen molar-refractivity contribution in [3.63, 3.8) is 0 Å². The topological polar surface area (TPSA) is 95.7 Å². The molecule has 9 heteroatoms. The lowest BCUT2D eigenvalue weighted by atomic mass is 10.1. The molecule has 0 aliphatic heterocycles. The van der Waals surface area contributed by atoms with E-state index in [2.05, 4.69) is 27.3 Å². The molecule has 142 valence electrons. The van der Waals surface area contributed by atoms with Crippen LogP contribution < -0.4 is 5.84 Å². The van der Waals surface area contributed by atoms with E-state index in [0.717, 1.165) is 12.0 Å². The molecule has 0 bridgehead atoms. The van der Waals surface area contributed by atoms with Crippen molar-refractivity contribution in [3.8, 4) is 22.8 Å². The first kappa shape index (κ1) is 18.2. The number of rotatable bonds is 6. The van der Waals surface area contributed by atoms with Crippen molar-refractivity contribution in [1.82, 2.24) is 25.0 Å². The second-order valence-corrected chi connectivity index (χ2v) is 6.95. The summed E-state index contributed by atoms with van der Waals surface area (Å²) in [6.45, 7) is 2.10. The summed E-state index contributed by atoms with van der Waals surface area (Å²) in [6.07, 6.45) is 0.975. The molecule has 2 N–H and O–H groups in total. The van der Waals surface area contributed by atoms with Gasteiger partial charge in [0.1, 0.15) is 5.82 Å². The zero-order chi connectivity index (χ0) is 19.5. The van der Waals surface area contributed by atoms with Gasteiger partial charge in [-0.25, -0.2) is 9.07 Å². The summed E-state index contributed by atoms with van der Waals surface area (Å²) in [6, 6.07) is 14.3. The first-order valence-corrected chi connectivity index (χ1v) is 9.64. The molecule has 0 atom stereocenters. The molecule has 2 heterocycles. The Labute approximate surface area is 164 Å². The fourth-order valence-corrected chi connectivity index (χ4v) is 3.34. The highest BCUT2D eigenvalue weighted by Crippen LogP contribution is 2.26. The molecule has 4 rings (SSSR count). The van der Waals surface area contributed by atoms with Crippen molar-refractivity contribution in [3.05, 3.63) is 65.8 Å². The monoisotopic (exact) mass is 396 g/mol. The van der Waals surface area contributed by atoms with Crippen LogP contribution in [0, 0.1) is 5.82 Å². The number of hydrogen-bond acceptors (Lipinski definition) is 7. The van der Waals surface area contributed by atoms with E-state index in [9.17, 15) is 4.39 Å². The van der Waals surface area contributed by atoms with E-state index >= 15 is 0 Å². The molecule has 28 heavy (non-hydrogen) atoms. The van der Waals surface area contributed by atoms with Gasteiger partial charge in [0.05, 0.1) is 11.3 Å². The number of hydrogen-bond donors (Lipinski definition) is 1. The van der Waals surface area contributed by atoms with E-state index in [1.807, 2.05) is 24.3 Å². The van der Waals surface area contributed by atoms with Crippen molar-refractivity contribution < 1.29 is 8.91 Å². The Morgan fingerprint density at radius 2 is 1.89 bits per heavy atom. The number of halogens is 1. The SMILES string of the molecule is CCc1ccc(-c2noc(CSc3nnc(-c4ccccc4F)n3N)n2)cc1. The van der Waals surface area contributed by atoms with Crippen LogP contribution in [0.25, 0.3) is 22.8 Å². The Bertz CT molecular complexity index is 1090.